The number of rotatable bonds is 2. The summed E-state index contributed by atoms with van der Waals surface area (Å²) >= 11 is 17.8. The number of hydrogen-bond acceptors (Lipinski definition) is 3. The van der Waals surface area contributed by atoms with Crippen LogP contribution in [0.15, 0.2) is 53.3 Å². The molecule has 30 heavy (non-hydrogen) atoms. The van der Waals surface area contributed by atoms with Crippen LogP contribution in [0.4, 0.5) is 0 Å². The molecule has 0 N–H and O–H groups in total. The Morgan fingerprint density at radius 1 is 1.10 bits per heavy atom. The third-order valence-corrected chi connectivity index (χ3v) is 6.51. The molecule has 150 valence electrons. The van der Waals surface area contributed by atoms with Gasteiger partial charge >= 0.3 is 0 Å². The van der Waals surface area contributed by atoms with E-state index in [1.165, 1.54) is 0 Å². The molecule has 1 aliphatic rings. The monoisotopic (exact) mass is 452 g/mol. The molecule has 1 unspecified atom stereocenters. The molecule has 1 aliphatic carbocycles. The largest absolute Gasteiger partial charge is 0.274 e. The second-order valence-electron chi connectivity index (χ2n) is 7.48. The average Bonchev–Trinajstić information content (AvgIpc) is 2.74. The van der Waals surface area contributed by atoms with Gasteiger partial charge in [-0.25, -0.2) is 0 Å². The lowest BCUT2D eigenvalue weighted by atomic mass is 9.81. The van der Waals surface area contributed by atoms with Gasteiger partial charge < -0.3 is 0 Å². The Bertz CT molecular complexity index is 1240. The minimum atomic E-state index is -0.380. The quantitative estimate of drug-likeness (QED) is 0.425. The van der Waals surface area contributed by atoms with Crippen LogP contribution in [0.5, 0.6) is 0 Å². The van der Waals surface area contributed by atoms with Crippen LogP contribution in [0.25, 0.3) is 11.1 Å². The molecule has 3 aromatic rings. The van der Waals surface area contributed by atoms with E-state index in [1.54, 1.807) is 41.0 Å². The van der Waals surface area contributed by atoms with Gasteiger partial charge in [-0.3, -0.25) is 9.36 Å². The van der Waals surface area contributed by atoms with Gasteiger partial charge in [0.15, 0.2) is 0 Å². The van der Waals surface area contributed by atoms with Crippen molar-refractivity contribution in [3.8, 4) is 17.2 Å². The summed E-state index contributed by atoms with van der Waals surface area (Å²) < 4.78 is 1.57. The number of nitriles is 1. The van der Waals surface area contributed by atoms with Gasteiger partial charge in [0.25, 0.3) is 5.56 Å². The van der Waals surface area contributed by atoms with Crippen molar-refractivity contribution >= 4 is 40.4 Å². The van der Waals surface area contributed by atoms with Crippen LogP contribution in [0.2, 0.25) is 10.0 Å². The fourth-order valence-electron chi connectivity index (χ4n) is 4.20. The molecule has 0 fully saturated rings. The Labute approximate surface area is 190 Å². The summed E-state index contributed by atoms with van der Waals surface area (Å²) in [5.41, 5.74) is 3.90. The Hall–Kier alpha value is -2.45. The van der Waals surface area contributed by atoms with E-state index in [9.17, 15) is 10.1 Å². The normalized spacial score (nSPS) is 15.3. The second kappa shape index (κ2) is 8.35. The molecular formula is C24H18Cl2N2OS. The number of aromatic nitrogens is 1. The molecule has 1 atom stereocenters. The molecule has 0 saturated carbocycles. The van der Waals surface area contributed by atoms with E-state index in [0.717, 1.165) is 41.6 Å². The molecular weight excluding hydrogens is 435 g/mol. The van der Waals surface area contributed by atoms with E-state index in [2.05, 4.69) is 13.0 Å². The maximum absolute atomic E-state index is 13.6. The Balaban J connectivity index is 2.04. The zero-order chi connectivity index (χ0) is 21.4. The van der Waals surface area contributed by atoms with Crippen molar-refractivity contribution in [1.82, 2.24) is 4.57 Å². The van der Waals surface area contributed by atoms with Gasteiger partial charge in [0, 0.05) is 26.9 Å². The minimum absolute atomic E-state index is 0.112. The summed E-state index contributed by atoms with van der Waals surface area (Å²) in [7, 11) is 0. The Morgan fingerprint density at radius 3 is 2.30 bits per heavy atom. The molecule has 3 nitrogen and oxygen atoms in total. The first-order valence-corrected chi connectivity index (χ1v) is 10.9. The number of thiocarbonyl (C=S) groups is 1. The van der Waals surface area contributed by atoms with Crippen molar-refractivity contribution in [2.24, 2.45) is 0 Å². The van der Waals surface area contributed by atoms with E-state index < -0.39 is 0 Å². The average molecular weight is 453 g/mol. The highest BCUT2D eigenvalue weighted by atomic mass is 35.5. The van der Waals surface area contributed by atoms with Gasteiger partial charge in [-0.05, 0) is 60.6 Å². The predicted octanol–water partition coefficient (Wildman–Crippen LogP) is 6.36. The van der Waals surface area contributed by atoms with Crippen molar-refractivity contribution in [2.45, 2.75) is 32.1 Å². The third kappa shape index (κ3) is 3.58. The first-order valence-electron chi connectivity index (χ1n) is 9.70. The summed E-state index contributed by atoms with van der Waals surface area (Å²) in [6.45, 7) is 2.11. The summed E-state index contributed by atoms with van der Waals surface area (Å²) in [6, 6.07) is 16.5. The van der Waals surface area contributed by atoms with Crippen LogP contribution in [0.3, 0.4) is 0 Å². The van der Waals surface area contributed by atoms with Gasteiger partial charge in [0.2, 0.25) is 0 Å². The van der Waals surface area contributed by atoms with Gasteiger partial charge in [-0.2, -0.15) is 5.26 Å². The van der Waals surface area contributed by atoms with Crippen LogP contribution in [0, 0.1) is 11.3 Å². The fraction of sp³-hybridized carbons (Fsp3) is 0.208. The van der Waals surface area contributed by atoms with Crippen LogP contribution >= 0.6 is 35.4 Å². The molecule has 0 aliphatic heterocycles. The number of benzene rings is 2. The minimum Gasteiger partial charge on any atom is -0.269 e. The molecule has 0 amide bonds. The number of halogens is 2. The van der Waals surface area contributed by atoms with E-state index in [4.69, 9.17) is 35.4 Å². The van der Waals surface area contributed by atoms with E-state index >= 15 is 0 Å². The van der Waals surface area contributed by atoms with Gasteiger partial charge in [0.1, 0.15) is 16.6 Å². The molecule has 2 aromatic carbocycles. The van der Waals surface area contributed by atoms with Crippen molar-refractivity contribution in [1.29, 1.82) is 5.26 Å². The SMILES string of the molecule is CC1CCCc2c(-c3ccc(Cl)cc3)c(C#N)c(=O)n(C(=S)c3ccc(Cl)cc3)c21. The van der Waals surface area contributed by atoms with Crippen molar-refractivity contribution in [2.75, 3.05) is 0 Å². The molecule has 0 bridgehead atoms. The lowest BCUT2D eigenvalue weighted by molar-refractivity contribution is 0.562. The molecule has 0 radical (unpaired) electrons. The summed E-state index contributed by atoms with van der Waals surface area (Å²) in [5.74, 6) is 0.144. The van der Waals surface area contributed by atoms with Crippen molar-refractivity contribution in [3.05, 3.63) is 91.3 Å². The lowest BCUT2D eigenvalue weighted by Crippen LogP contribution is -2.35. The van der Waals surface area contributed by atoms with Crippen molar-refractivity contribution in [3.63, 3.8) is 0 Å². The van der Waals surface area contributed by atoms with Gasteiger partial charge in [-0.15, -0.1) is 0 Å². The number of hydrogen-bond donors (Lipinski definition) is 0. The zero-order valence-corrected chi connectivity index (χ0v) is 18.6. The Kier molecular flexibility index (Phi) is 5.79. The summed E-state index contributed by atoms with van der Waals surface area (Å²) in [6.07, 6.45) is 2.74. The maximum atomic E-state index is 13.6. The highest BCUT2D eigenvalue weighted by Gasteiger charge is 2.29. The van der Waals surface area contributed by atoms with Gasteiger partial charge in [-0.1, -0.05) is 66.6 Å². The fourth-order valence-corrected chi connectivity index (χ4v) is 4.77. The van der Waals surface area contributed by atoms with Crippen LogP contribution in [-0.4, -0.2) is 9.56 Å². The zero-order valence-electron chi connectivity index (χ0n) is 16.3. The second-order valence-corrected chi connectivity index (χ2v) is 8.74. The molecule has 0 saturated heterocycles. The standard InChI is InChI=1S/C24H18Cl2N2OS/c1-14-3-2-4-19-21(15-5-9-17(25)10-6-15)20(13-27)23(29)28(22(14)19)24(30)16-7-11-18(26)12-8-16/h5-12,14H,2-4H2,1H3. The molecule has 6 heteroatoms. The van der Waals surface area contributed by atoms with Gasteiger partial charge in [0.05, 0.1) is 0 Å². The molecule has 1 heterocycles. The lowest BCUT2D eigenvalue weighted by Gasteiger charge is -2.29. The van der Waals surface area contributed by atoms with E-state index in [1.807, 2.05) is 12.1 Å². The Morgan fingerprint density at radius 2 is 1.70 bits per heavy atom. The number of nitrogens with zero attached hydrogens (tertiary/aromatic N) is 2. The first-order chi connectivity index (χ1) is 14.4. The van der Waals surface area contributed by atoms with Crippen LogP contribution in [-0.2, 0) is 6.42 Å². The van der Waals surface area contributed by atoms with Crippen molar-refractivity contribution < 1.29 is 0 Å². The highest BCUT2D eigenvalue weighted by molar-refractivity contribution is 7.80. The maximum Gasteiger partial charge on any atom is 0.274 e. The topological polar surface area (TPSA) is 45.8 Å². The van der Waals surface area contributed by atoms with E-state index in [0.29, 0.717) is 20.6 Å². The third-order valence-electron chi connectivity index (χ3n) is 5.59. The number of fused-ring (bicyclic) bond motifs is 1. The first kappa shape index (κ1) is 20.8. The van der Waals surface area contributed by atoms with Crippen LogP contribution in [0.1, 0.15) is 48.1 Å². The predicted molar refractivity (Wildman–Crippen MR) is 126 cm³/mol. The molecule has 4 rings (SSSR count). The smallest absolute Gasteiger partial charge is 0.269 e. The summed E-state index contributed by atoms with van der Waals surface area (Å²) in [4.78, 5) is 14.0. The summed E-state index contributed by atoms with van der Waals surface area (Å²) in [5, 5.41) is 11.2. The van der Waals surface area contributed by atoms with E-state index in [-0.39, 0.29) is 17.0 Å². The molecule has 0 spiro atoms. The molecule has 1 aromatic heterocycles. The highest BCUT2D eigenvalue weighted by Crippen LogP contribution is 2.38. The number of pyridine rings is 1. The van der Waals surface area contributed by atoms with Crippen LogP contribution < -0.4 is 5.56 Å².